The fourth-order valence-electron chi connectivity index (χ4n) is 1.08. The number of primary sulfonamides is 1. The monoisotopic (exact) mass is 216 g/mol. The van der Waals surface area contributed by atoms with Crippen molar-refractivity contribution in [1.82, 2.24) is 0 Å². The number of hydrogen-bond donors (Lipinski definition) is 1. The summed E-state index contributed by atoms with van der Waals surface area (Å²) in [5.74, 6) is 0.138. The Labute approximate surface area is 104 Å². The van der Waals surface area contributed by atoms with Crippen molar-refractivity contribution in [2.75, 3.05) is 5.75 Å². The van der Waals surface area contributed by atoms with Gasteiger partial charge in [0.25, 0.3) is 0 Å². The van der Waals surface area contributed by atoms with Crippen molar-refractivity contribution < 1.29 is 8.42 Å². The van der Waals surface area contributed by atoms with Gasteiger partial charge in [-0.25, -0.2) is 13.6 Å². The minimum Gasteiger partial charge on any atom is -0.229 e. The van der Waals surface area contributed by atoms with Crippen LogP contribution in [0.25, 0.3) is 0 Å². The van der Waals surface area contributed by atoms with E-state index in [1.54, 1.807) is 0 Å². The van der Waals surface area contributed by atoms with E-state index in [0.717, 1.165) is 12.8 Å². The summed E-state index contributed by atoms with van der Waals surface area (Å²) in [5, 5.41) is 4.85. The molecule has 0 rings (SSSR count). The zero-order valence-electron chi connectivity index (χ0n) is 8.75. The summed E-state index contributed by atoms with van der Waals surface area (Å²) in [6, 6.07) is 0. The van der Waals surface area contributed by atoms with E-state index in [1.807, 2.05) is 0 Å². The zero-order chi connectivity index (χ0) is 9.45. The van der Waals surface area contributed by atoms with Gasteiger partial charge in [0.15, 0.2) is 0 Å². The summed E-state index contributed by atoms with van der Waals surface area (Å²) in [7, 11) is -3.22. The van der Waals surface area contributed by atoms with Crippen LogP contribution in [0.4, 0.5) is 0 Å². The van der Waals surface area contributed by atoms with Crippen molar-refractivity contribution in [3.05, 3.63) is 0 Å². The van der Waals surface area contributed by atoms with E-state index in [0.29, 0.717) is 6.42 Å². The molecule has 13 heavy (non-hydrogen) atoms. The van der Waals surface area contributed by atoms with Crippen molar-refractivity contribution in [1.29, 1.82) is 0 Å². The molecule has 0 bridgehead atoms. The molecule has 0 saturated carbocycles. The van der Waals surface area contributed by atoms with Crippen LogP contribution in [0, 0.1) is 0 Å². The molecule has 0 heterocycles. The number of unbranched alkanes of at least 4 members (excludes halogenated alkanes) is 5. The minimum atomic E-state index is -3.22. The third-order valence-corrected chi connectivity index (χ3v) is 2.64. The molecule has 0 unspecified atom stereocenters. The first-order valence-electron chi connectivity index (χ1n) is 4.56. The number of rotatable bonds is 7. The van der Waals surface area contributed by atoms with Crippen LogP contribution < -0.4 is 5.14 Å². The van der Waals surface area contributed by atoms with E-state index in [1.165, 1.54) is 19.3 Å². The fourth-order valence-corrected chi connectivity index (χ4v) is 1.69. The predicted octanol–water partition coefficient (Wildman–Crippen LogP) is 1.25. The molecule has 0 fully saturated rings. The summed E-state index contributed by atoms with van der Waals surface area (Å²) in [6.07, 6.45) is 6.49. The molecule has 0 saturated heterocycles. The predicted molar refractivity (Wildman–Crippen MR) is 57.1 cm³/mol. The Balaban J connectivity index is 0. The van der Waals surface area contributed by atoms with Gasteiger partial charge in [-0.2, -0.15) is 0 Å². The van der Waals surface area contributed by atoms with E-state index in [-0.39, 0.29) is 35.3 Å². The second-order valence-electron chi connectivity index (χ2n) is 3.13. The SMILES string of the molecule is CCCCCCCCS(N)(=O)=O.[Na]. The van der Waals surface area contributed by atoms with Gasteiger partial charge in [0, 0.05) is 29.6 Å². The molecular formula is C8H19NNaO2S. The van der Waals surface area contributed by atoms with Gasteiger partial charge in [0.1, 0.15) is 0 Å². The van der Waals surface area contributed by atoms with Gasteiger partial charge >= 0.3 is 0 Å². The van der Waals surface area contributed by atoms with E-state index < -0.39 is 10.0 Å². The molecule has 0 spiro atoms. The third kappa shape index (κ3) is 15.6. The van der Waals surface area contributed by atoms with Crippen LogP contribution in [-0.4, -0.2) is 43.7 Å². The van der Waals surface area contributed by atoms with Gasteiger partial charge in [0.05, 0.1) is 5.75 Å². The Morgan fingerprint density at radius 1 is 1.00 bits per heavy atom. The van der Waals surface area contributed by atoms with Crippen LogP contribution in [0.15, 0.2) is 0 Å². The first kappa shape index (κ1) is 16.3. The molecule has 5 heteroatoms. The topological polar surface area (TPSA) is 60.2 Å². The van der Waals surface area contributed by atoms with Crippen LogP contribution in [0.5, 0.6) is 0 Å². The van der Waals surface area contributed by atoms with Crippen LogP contribution in [0.3, 0.4) is 0 Å². The van der Waals surface area contributed by atoms with Gasteiger partial charge in [-0.05, 0) is 6.42 Å². The standard InChI is InChI=1S/C8H19NO2S.Na/c1-2-3-4-5-6-7-8-12(9,10)11;/h2-8H2,1H3,(H2,9,10,11);. The third-order valence-electron chi connectivity index (χ3n) is 1.78. The number of sulfonamides is 1. The van der Waals surface area contributed by atoms with Gasteiger partial charge < -0.3 is 0 Å². The first-order valence-corrected chi connectivity index (χ1v) is 6.28. The van der Waals surface area contributed by atoms with E-state index in [2.05, 4.69) is 6.92 Å². The van der Waals surface area contributed by atoms with Crippen LogP contribution in [0.2, 0.25) is 0 Å². The van der Waals surface area contributed by atoms with Crippen LogP contribution in [-0.2, 0) is 10.0 Å². The molecule has 3 nitrogen and oxygen atoms in total. The smallest absolute Gasteiger partial charge is 0.209 e. The molecule has 0 aliphatic rings. The maximum absolute atomic E-state index is 10.5. The molecule has 1 radical (unpaired) electrons. The Bertz CT molecular complexity index is 192. The molecule has 75 valence electrons. The maximum atomic E-state index is 10.5. The van der Waals surface area contributed by atoms with Gasteiger partial charge in [0.2, 0.25) is 10.0 Å². The first-order chi connectivity index (χ1) is 5.56. The maximum Gasteiger partial charge on any atom is 0.209 e. The molecule has 0 aromatic heterocycles. The van der Waals surface area contributed by atoms with Gasteiger partial charge in [-0.3, -0.25) is 0 Å². The van der Waals surface area contributed by atoms with Crippen molar-refractivity contribution in [2.45, 2.75) is 45.4 Å². The molecule has 0 aliphatic carbocycles. The second kappa shape index (κ2) is 9.46. The van der Waals surface area contributed by atoms with E-state index in [9.17, 15) is 8.42 Å². The average Bonchev–Trinajstić information content (AvgIpc) is 1.94. The van der Waals surface area contributed by atoms with Crippen molar-refractivity contribution >= 4 is 39.6 Å². The Hall–Kier alpha value is 0.910. The normalized spacial score (nSPS) is 10.9. The average molecular weight is 216 g/mol. The van der Waals surface area contributed by atoms with E-state index in [4.69, 9.17) is 5.14 Å². The Morgan fingerprint density at radius 2 is 1.46 bits per heavy atom. The summed E-state index contributed by atoms with van der Waals surface area (Å²) in [6.45, 7) is 2.16. The minimum absolute atomic E-state index is 0. The fraction of sp³-hybridized carbons (Fsp3) is 1.00. The quantitative estimate of drug-likeness (QED) is 0.514. The molecule has 0 aromatic carbocycles. The molecule has 0 aromatic rings. The van der Waals surface area contributed by atoms with Crippen molar-refractivity contribution in [3.63, 3.8) is 0 Å². The summed E-state index contributed by atoms with van der Waals surface area (Å²) in [5.41, 5.74) is 0. The summed E-state index contributed by atoms with van der Waals surface area (Å²) >= 11 is 0. The molecule has 0 atom stereocenters. The zero-order valence-corrected chi connectivity index (χ0v) is 11.6. The Morgan fingerprint density at radius 3 is 1.92 bits per heavy atom. The summed E-state index contributed by atoms with van der Waals surface area (Å²) < 4.78 is 21.0. The Kier molecular flexibility index (Phi) is 11.9. The van der Waals surface area contributed by atoms with Gasteiger partial charge in [-0.1, -0.05) is 39.0 Å². The van der Waals surface area contributed by atoms with Crippen molar-refractivity contribution in [2.24, 2.45) is 5.14 Å². The second-order valence-corrected chi connectivity index (χ2v) is 4.87. The molecule has 2 N–H and O–H groups in total. The number of nitrogens with two attached hydrogens (primary N) is 1. The molecule has 0 aliphatic heterocycles. The van der Waals surface area contributed by atoms with E-state index >= 15 is 0 Å². The van der Waals surface area contributed by atoms with Crippen molar-refractivity contribution in [3.8, 4) is 0 Å². The molecular weight excluding hydrogens is 197 g/mol. The van der Waals surface area contributed by atoms with Gasteiger partial charge in [-0.15, -0.1) is 0 Å². The molecule has 0 amide bonds. The van der Waals surface area contributed by atoms with Crippen LogP contribution >= 0.6 is 0 Å². The largest absolute Gasteiger partial charge is 0.229 e. The van der Waals surface area contributed by atoms with Crippen LogP contribution in [0.1, 0.15) is 45.4 Å². The number of hydrogen-bond acceptors (Lipinski definition) is 2. The summed E-state index contributed by atoms with van der Waals surface area (Å²) in [4.78, 5) is 0.